The summed E-state index contributed by atoms with van der Waals surface area (Å²) in [4.78, 5) is 17.3. The zero-order valence-corrected chi connectivity index (χ0v) is 13.9. The highest BCUT2D eigenvalue weighted by Crippen LogP contribution is 2.25. The third-order valence-corrected chi connectivity index (χ3v) is 3.19. The van der Waals surface area contributed by atoms with Crippen molar-refractivity contribution in [2.45, 2.75) is 20.8 Å². The Bertz CT molecular complexity index is 749. The topological polar surface area (TPSA) is 116 Å². The van der Waals surface area contributed by atoms with Gasteiger partial charge in [-0.1, -0.05) is 0 Å². The standard InChI is InChI=1S/C17H19N5O2/c1-4-22(5-2)14-7-6-13(17(8-14)24-12(3)23)11-21-16(10-19)15(20)9-18/h6-8,11H,4-5,20H2,1-3H3/b16-15-,21-11?. The minimum Gasteiger partial charge on any atom is -0.426 e. The van der Waals surface area contributed by atoms with Crippen molar-refractivity contribution in [2.24, 2.45) is 10.7 Å². The number of carbonyl (C=O) groups is 1. The summed E-state index contributed by atoms with van der Waals surface area (Å²) in [6, 6.07) is 8.75. The normalized spacial score (nSPS) is 11.4. The molecule has 0 unspecified atom stereocenters. The number of hydrogen-bond acceptors (Lipinski definition) is 7. The lowest BCUT2D eigenvalue weighted by atomic mass is 10.1. The number of carbonyl (C=O) groups excluding carboxylic acids is 1. The summed E-state index contributed by atoms with van der Waals surface area (Å²) in [6.07, 6.45) is 1.34. The third-order valence-electron chi connectivity index (χ3n) is 3.19. The maximum Gasteiger partial charge on any atom is 0.308 e. The Balaban J connectivity index is 3.31. The third kappa shape index (κ3) is 4.85. The minimum atomic E-state index is -0.464. The molecule has 0 bridgehead atoms. The van der Waals surface area contributed by atoms with Crippen molar-refractivity contribution in [2.75, 3.05) is 18.0 Å². The van der Waals surface area contributed by atoms with Gasteiger partial charge in [0, 0.05) is 43.5 Å². The summed E-state index contributed by atoms with van der Waals surface area (Å²) in [7, 11) is 0. The summed E-state index contributed by atoms with van der Waals surface area (Å²) in [5.41, 5.74) is 6.33. The molecule has 0 saturated carbocycles. The zero-order valence-electron chi connectivity index (χ0n) is 13.9. The molecule has 0 amide bonds. The Hall–Kier alpha value is -3.32. The van der Waals surface area contributed by atoms with Gasteiger partial charge in [-0.05, 0) is 26.0 Å². The van der Waals surface area contributed by atoms with Gasteiger partial charge >= 0.3 is 5.97 Å². The number of aliphatic imine (C=N–C) groups is 1. The maximum atomic E-state index is 11.3. The first kappa shape index (κ1) is 18.7. The van der Waals surface area contributed by atoms with Crippen molar-refractivity contribution < 1.29 is 9.53 Å². The lowest BCUT2D eigenvalue weighted by Gasteiger charge is -2.22. The first-order chi connectivity index (χ1) is 11.5. The van der Waals surface area contributed by atoms with Crippen LogP contribution in [0.1, 0.15) is 26.3 Å². The average Bonchev–Trinajstić information content (AvgIpc) is 2.57. The summed E-state index contributed by atoms with van der Waals surface area (Å²) in [6.45, 7) is 6.98. The van der Waals surface area contributed by atoms with Crippen LogP contribution in [0.5, 0.6) is 5.75 Å². The number of hydrogen-bond donors (Lipinski definition) is 1. The second-order valence-electron chi connectivity index (χ2n) is 4.73. The van der Waals surface area contributed by atoms with Crippen molar-refractivity contribution in [3.8, 4) is 17.9 Å². The molecule has 1 aromatic rings. The largest absolute Gasteiger partial charge is 0.426 e. The van der Waals surface area contributed by atoms with Gasteiger partial charge < -0.3 is 15.4 Å². The Morgan fingerprint density at radius 2 is 2.00 bits per heavy atom. The van der Waals surface area contributed by atoms with Gasteiger partial charge in [-0.15, -0.1) is 0 Å². The van der Waals surface area contributed by atoms with Crippen LogP contribution in [0.2, 0.25) is 0 Å². The molecule has 0 aliphatic carbocycles. The molecule has 7 nitrogen and oxygen atoms in total. The number of allylic oxidation sites excluding steroid dienone is 2. The van der Waals surface area contributed by atoms with Crippen LogP contribution in [-0.2, 0) is 4.79 Å². The van der Waals surface area contributed by atoms with Crippen LogP contribution >= 0.6 is 0 Å². The average molecular weight is 325 g/mol. The Morgan fingerprint density at radius 1 is 1.33 bits per heavy atom. The molecule has 24 heavy (non-hydrogen) atoms. The molecule has 2 N–H and O–H groups in total. The molecule has 0 aliphatic heterocycles. The predicted octanol–water partition coefficient (Wildman–Crippen LogP) is 2.09. The van der Waals surface area contributed by atoms with Crippen LogP contribution in [0.15, 0.2) is 34.6 Å². The van der Waals surface area contributed by atoms with Crippen LogP contribution in [0.4, 0.5) is 5.69 Å². The number of nitrogens with zero attached hydrogens (tertiary/aromatic N) is 4. The molecular formula is C17H19N5O2. The summed E-state index contributed by atoms with van der Waals surface area (Å²) >= 11 is 0. The van der Waals surface area contributed by atoms with E-state index < -0.39 is 5.97 Å². The number of rotatable bonds is 6. The van der Waals surface area contributed by atoms with Crippen LogP contribution < -0.4 is 15.4 Å². The molecule has 0 saturated heterocycles. The van der Waals surface area contributed by atoms with E-state index in [0.717, 1.165) is 18.8 Å². The van der Waals surface area contributed by atoms with Crippen molar-refractivity contribution in [1.29, 1.82) is 10.5 Å². The van der Waals surface area contributed by atoms with E-state index in [1.807, 2.05) is 19.9 Å². The summed E-state index contributed by atoms with van der Waals surface area (Å²) in [5, 5.41) is 17.7. The van der Waals surface area contributed by atoms with E-state index in [1.54, 1.807) is 24.3 Å². The Kier molecular flexibility index (Phi) is 6.99. The SMILES string of the molecule is CCN(CC)c1ccc(C=N/C(C#N)=C(\N)C#N)c(OC(C)=O)c1. The molecule has 0 fully saturated rings. The number of nitriles is 2. The van der Waals surface area contributed by atoms with Gasteiger partial charge in [0.05, 0.1) is 0 Å². The second kappa shape index (κ2) is 8.96. The molecule has 0 radical (unpaired) electrons. The maximum absolute atomic E-state index is 11.3. The number of ether oxygens (including phenoxy) is 1. The van der Waals surface area contributed by atoms with Crippen molar-refractivity contribution >= 4 is 17.9 Å². The highest BCUT2D eigenvalue weighted by atomic mass is 16.5. The first-order valence-electron chi connectivity index (χ1n) is 7.38. The fourth-order valence-electron chi connectivity index (χ4n) is 2.00. The van der Waals surface area contributed by atoms with E-state index in [9.17, 15) is 4.79 Å². The van der Waals surface area contributed by atoms with Gasteiger partial charge in [0.1, 0.15) is 23.6 Å². The van der Waals surface area contributed by atoms with Gasteiger partial charge in [0.15, 0.2) is 5.70 Å². The minimum absolute atomic E-state index is 0.195. The van der Waals surface area contributed by atoms with Crippen molar-refractivity contribution in [3.63, 3.8) is 0 Å². The summed E-state index contributed by atoms with van der Waals surface area (Å²) in [5.74, 6) is -0.141. The van der Waals surface area contributed by atoms with E-state index >= 15 is 0 Å². The molecular weight excluding hydrogens is 306 g/mol. The Morgan fingerprint density at radius 3 is 2.50 bits per heavy atom. The highest BCUT2D eigenvalue weighted by molar-refractivity contribution is 5.87. The van der Waals surface area contributed by atoms with Crippen LogP contribution in [-0.4, -0.2) is 25.3 Å². The van der Waals surface area contributed by atoms with Crippen LogP contribution in [0.25, 0.3) is 0 Å². The first-order valence-corrected chi connectivity index (χ1v) is 7.38. The lowest BCUT2D eigenvalue weighted by molar-refractivity contribution is -0.131. The number of esters is 1. The fraction of sp³-hybridized carbons (Fsp3) is 0.294. The summed E-state index contributed by atoms with van der Waals surface area (Å²) < 4.78 is 5.23. The monoisotopic (exact) mass is 325 g/mol. The molecule has 1 aromatic carbocycles. The van der Waals surface area contributed by atoms with Gasteiger partial charge in [0.2, 0.25) is 0 Å². The zero-order chi connectivity index (χ0) is 18.1. The molecule has 7 heteroatoms. The molecule has 0 aromatic heterocycles. The number of benzene rings is 1. The van der Waals surface area contributed by atoms with Gasteiger partial charge in [0.25, 0.3) is 0 Å². The van der Waals surface area contributed by atoms with E-state index in [-0.39, 0.29) is 11.4 Å². The molecule has 0 spiro atoms. The van der Waals surface area contributed by atoms with E-state index in [2.05, 4.69) is 9.89 Å². The van der Waals surface area contributed by atoms with Gasteiger partial charge in [-0.25, -0.2) is 4.99 Å². The number of nitrogens with two attached hydrogens (primary N) is 1. The molecule has 124 valence electrons. The van der Waals surface area contributed by atoms with E-state index in [0.29, 0.717) is 11.3 Å². The quantitative estimate of drug-likeness (QED) is 0.370. The van der Waals surface area contributed by atoms with Crippen LogP contribution in [0, 0.1) is 22.7 Å². The van der Waals surface area contributed by atoms with Gasteiger partial charge in [-0.3, -0.25) is 4.79 Å². The Labute approximate surface area is 141 Å². The van der Waals surface area contributed by atoms with Gasteiger partial charge in [-0.2, -0.15) is 10.5 Å². The van der Waals surface area contributed by atoms with E-state index in [4.69, 9.17) is 21.0 Å². The van der Waals surface area contributed by atoms with Crippen molar-refractivity contribution in [1.82, 2.24) is 0 Å². The fourth-order valence-corrected chi connectivity index (χ4v) is 2.00. The molecule has 0 atom stereocenters. The van der Waals surface area contributed by atoms with Crippen molar-refractivity contribution in [3.05, 3.63) is 35.2 Å². The van der Waals surface area contributed by atoms with E-state index in [1.165, 1.54) is 13.1 Å². The highest BCUT2D eigenvalue weighted by Gasteiger charge is 2.10. The lowest BCUT2D eigenvalue weighted by Crippen LogP contribution is -2.22. The molecule has 1 rings (SSSR count). The molecule has 0 aliphatic rings. The smallest absolute Gasteiger partial charge is 0.308 e. The predicted molar refractivity (Wildman–Crippen MR) is 91.3 cm³/mol. The molecule has 0 heterocycles. The second-order valence-corrected chi connectivity index (χ2v) is 4.73. The number of anilines is 1. The van der Waals surface area contributed by atoms with Crippen LogP contribution in [0.3, 0.4) is 0 Å².